The SMILES string of the molecule is CCc1cc(COc2cc3c(cc2OC)C(=O)N2c4ccccc4C[C@H]2CN3)cc(N(C)CCCC(=O)OC2C(=O)CCC2=O)c1. The number of esters is 1. The molecule has 10 heteroatoms. The predicted octanol–water partition coefficient (Wildman–Crippen LogP) is 4.89. The fraction of sp³-hybridized carbons (Fsp3) is 0.389. The van der Waals surface area contributed by atoms with E-state index in [-0.39, 0.29) is 49.4 Å². The number of methoxy groups -OCH3 is 1. The van der Waals surface area contributed by atoms with Crippen LogP contribution in [-0.2, 0) is 38.6 Å². The van der Waals surface area contributed by atoms with E-state index in [2.05, 4.69) is 41.4 Å². The highest BCUT2D eigenvalue weighted by Gasteiger charge is 2.38. The quantitative estimate of drug-likeness (QED) is 0.235. The second-order valence-electron chi connectivity index (χ2n) is 12.1. The highest BCUT2D eigenvalue weighted by molar-refractivity contribution is 6.13. The molecule has 3 aromatic carbocycles. The lowest BCUT2D eigenvalue weighted by atomic mass is 10.1. The van der Waals surface area contributed by atoms with Gasteiger partial charge in [0.05, 0.1) is 24.4 Å². The van der Waals surface area contributed by atoms with Gasteiger partial charge in [0.15, 0.2) is 23.1 Å². The number of para-hydroxylation sites is 1. The number of hydrogen-bond donors (Lipinski definition) is 1. The Labute approximate surface area is 268 Å². The molecule has 2 heterocycles. The smallest absolute Gasteiger partial charge is 0.307 e. The third-order valence-electron chi connectivity index (χ3n) is 8.96. The molecule has 2 aliphatic heterocycles. The van der Waals surface area contributed by atoms with Gasteiger partial charge in [-0.05, 0) is 60.2 Å². The molecule has 1 N–H and O–H groups in total. The molecule has 3 aromatic rings. The van der Waals surface area contributed by atoms with E-state index in [1.54, 1.807) is 13.2 Å². The van der Waals surface area contributed by atoms with Crippen LogP contribution in [0.4, 0.5) is 17.1 Å². The van der Waals surface area contributed by atoms with E-state index in [0.717, 1.165) is 41.0 Å². The number of rotatable bonds is 11. The maximum absolute atomic E-state index is 13.8. The number of hydrogen-bond acceptors (Lipinski definition) is 9. The van der Waals surface area contributed by atoms with Gasteiger partial charge in [-0.15, -0.1) is 0 Å². The normalized spacial score (nSPS) is 17.2. The van der Waals surface area contributed by atoms with Gasteiger partial charge >= 0.3 is 5.97 Å². The van der Waals surface area contributed by atoms with Crippen molar-refractivity contribution < 1.29 is 33.4 Å². The molecule has 0 bridgehead atoms. The average Bonchev–Trinajstić information content (AvgIpc) is 3.55. The minimum atomic E-state index is -1.22. The highest BCUT2D eigenvalue weighted by Crippen LogP contribution is 2.40. The Bertz CT molecular complexity index is 1670. The van der Waals surface area contributed by atoms with Crippen LogP contribution in [0.25, 0.3) is 0 Å². The number of nitrogens with one attached hydrogen (secondary N) is 1. The van der Waals surface area contributed by atoms with Gasteiger partial charge in [0, 0.05) is 56.8 Å². The van der Waals surface area contributed by atoms with Crippen LogP contribution in [0.5, 0.6) is 11.5 Å². The van der Waals surface area contributed by atoms with E-state index in [9.17, 15) is 19.2 Å². The Kier molecular flexibility index (Phi) is 8.96. The van der Waals surface area contributed by atoms with Crippen molar-refractivity contribution in [2.24, 2.45) is 0 Å². The molecular formula is C36H39N3O7. The number of Topliss-reactive ketones (excluding diaryl/α,β-unsaturated/α-hetero) is 2. The van der Waals surface area contributed by atoms with E-state index >= 15 is 0 Å². The summed E-state index contributed by atoms with van der Waals surface area (Å²) in [7, 11) is 3.53. The number of carbonyl (C=O) groups is 4. The van der Waals surface area contributed by atoms with E-state index in [4.69, 9.17) is 14.2 Å². The first-order chi connectivity index (χ1) is 22.2. The lowest BCUT2D eigenvalue weighted by Gasteiger charge is -2.23. The molecule has 1 saturated carbocycles. The number of benzene rings is 3. The summed E-state index contributed by atoms with van der Waals surface area (Å²) in [5.74, 6) is -0.204. The summed E-state index contributed by atoms with van der Waals surface area (Å²) in [6.45, 7) is 3.58. The van der Waals surface area contributed by atoms with Crippen molar-refractivity contribution in [3.05, 3.63) is 76.9 Å². The van der Waals surface area contributed by atoms with Crippen LogP contribution in [0, 0.1) is 0 Å². The van der Waals surface area contributed by atoms with Crippen molar-refractivity contribution in [1.82, 2.24) is 0 Å². The first-order valence-electron chi connectivity index (χ1n) is 15.8. The van der Waals surface area contributed by atoms with Crippen LogP contribution in [0.3, 0.4) is 0 Å². The molecule has 6 rings (SSSR count). The largest absolute Gasteiger partial charge is 0.493 e. The zero-order valence-electron chi connectivity index (χ0n) is 26.5. The third-order valence-corrected chi connectivity index (χ3v) is 8.96. The molecule has 240 valence electrons. The Balaban J connectivity index is 1.12. The molecular weight excluding hydrogens is 586 g/mol. The lowest BCUT2D eigenvalue weighted by Crippen LogP contribution is -2.39. The minimum absolute atomic E-state index is 0.0335. The van der Waals surface area contributed by atoms with E-state index in [1.165, 1.54) is 5.56 Å². The number of aryl methyl sites for hydroxylation is 1. The fourth-order valence-electron chi connectivity index (χ4n) is 6.42. The zero-order valence-corrected chi connectivity index (χ0v) is 26.5. The van der Waals surface area contributed by atoms with Gasteiger partial charge in [-0.1, -0.05) is 31.2 Å². The van der Waals surface area contributed by atoms with Gasteiger partial charge in [0.25, 0.3) is 5.91 Å². The highest BCUT2D eigenvalue weighted by atomic mass is 16.6. The van der Waals surface area contributed by atoms with Gasteiger partial charge in [0.2, 0.25) is 6.10 Å². The Morgan fingerprint density at radius 3 is 2.52 bits per heavy atom. The van der Waals surface area contributed by atoms with Crippen LogP contribution in [-0.4, -0.2) is 62.8 Å². The molecule has 0 unspecified atom stereocenters. The number of ether oxygens (including phenoxy) is 3. The third kappa shape index (κ3) is 6.29. The number of nitrogens with zero attached hydrogens (tertiary/aromatic N) is 2. The summed E-state index contributed by atoms with van der Waals surface area (Å²) >= 11 is 0. The van der Waals surface area contributed by atoms with Crippen LogP contribution in [0.1, 0.15) is 59.7 Å². The van der Waals surface area contributed by atoms with E-state index < -0.39 is 12.1 Å². The topological polar surface area (TPSA) is 114 Å². The Morgan fingerprint density at radius 1 is 1.00 bits per heavy atom. The molecule has 10 nitrogen and oxygen atoms in total. The molecule has 0 saturated heterocycles. The summed E-state index contributed by atoms with van der Waals surface area (Å²) in [5.41, 5.74) is 6.49. The number of fused-ring (bicyclic) bond motifs is 4. The van der Waals surface area contributed by atoms with Crippen molar-refractivity contribution in [2.75, 3.05) is 42.4 Å². The van der Waals surface area contributed by atoms with Gasteiger partial charge in [-0.25, -0.2) is 0 Å². The molecule has 1 fully saturated rings. The monoisotopic (exact) mass is 625 g/mol. The predicted molar refractivity (Wildman–Crippen MR) is 174 cm³/mol. The molecule has 0 radical (unpaired) electrons. The van der Waals surface area contributed by atoms with Crippen molar-refractivity contribution in [3.63, 3.8) is 0 Å². The number of ketones is 2. The Morgan fingerprint density at radius 2 is 1.76 bits per heavy atom. The van der Waals surface area contributed by atoms with Gasteiger partial charge in [0.1, 0.15) is 6.61 Å². The molecule has 1 aliphatic carbocycles. The maximum atomic E-state index is 13.8. The molecule has 46 heavy (non-hydrogen) atoms. The van der Waals surface area contributed by atoms with Crippen molar-refractivity contribution in [3.8, 4) is 11.5 Å². The summed E-state index contributed by atoms with van der Waals surface area (Å²) in [4.78, 5) is 53.5. The number of carbonyl (C=O) groups excluding carboxylic acids is 4. The molecule has 3 aliphatic rings. The first-order valence-corrected chi connectivity index (χ1v) is 15.8. The lowest BCUT2D eigenvalue weighted by molar-refractivity contribution is -0.157. The summed E-state index contributed by atoms with van der Waals surface area (Å²) < 4.78 is 17.1. The standard InChI is InChI=1S/C36H39N3O7/c1-4-22-14-23(16-25(15-22)38(2)13-7-10-34(42)46-35-30(40)11-12-31(35)41)21-45-33-19-28-27(18-32(33)44-3)36(43)39-26(20-37-28)17-24-8-5-6-9-29(24)39/h5-6,8-9,14-16,18-19,26,35,37H,4,7,10-13,17,20-21H2,1-3H3/t26-/m0/s1. The van der Waals surface area contributed by atoms with Crippen LogP contribution in [0.15, 0.2) is 54.6 Å². The summed E-state index contributed by atoms with van der Waals surface area (Å²) in [6.07, 6.45) is 1.32. The second kappa shape index (κ2) is 13.2. The van der Waals surface area contributed by atoms with Crippen molar-refractivity contribution >= 4 is 40.5 Å². The molecule has 1 atom stereocenters. The average molecular weight is 626 g/mol. The van der Waals surface area contributed by atoms with Crippen LogP contribution < -0.4 is 24.6 Å². The van der Waals surface area contributed by atoms with Crippen molar-refractivity contribution in [1.29, 1.82) is 0 Å². The second-order valence-corrected chi connectivity index (χ2v) is 12.1. The summed E-state index contributed by atoms with van der Waals surface area (Å²) in [5, 5.41) is 3.47. The van der Waals surface area contributed by atoms with Crippen LogP contribution in [0.2, 0.25) is 0 Å². The van der Waals surface area contributed by atoms with Crippen molar-refractivity contribution in [2.45, 2.75) is 64.2 Å². The van der Waals surface area contributed by atoms with Gasteiger partial charge < -0.3 is 29.3 Å². The minimum Gasteiger partial charge on any atom is -0.493 e. The van der Waals surface area contributed by atoms with Crippen LogP contribution >= 0.6 is 0 Å². The molecule has 1 amide bonds. The van der Waals surface area contributed by atoms with Gasteiger partial charge in [-0.2, -0.15) is 0 Å². The molecule has 0 spiro atoms. The summed E-state index contributed by atoms with van der Waals surface area (Å²) in [6, 6.07) is 18.0. The van der Waals surface area contributed by atoms with E-state index in [0.29, 0.717) is 36.6 Å². The zero-order chi connectivity index (χ0) is 32.4. The maximum Gasteiger partial charge on any atom is 0.307 e. The van der Waals surface area contributed by atoms with E-state index in [1.807, 2.05) is 36.2 Å². The molecule has 0 aromatic heterocycles. The van der Waals surface area contributed by atoms with Gasteiger partial charge in [-0.3, -0.25) is 19.2 Å². The fourth-order valence-corrected chi connectivity index (χ4v) is 6.42. The Hall–Kier alpha value is -4.86. The number of anilines is 3. The first kappa shape index (κ1) is 31.1. The number of amides is 1.